The van der Waals surface area contributed by atoms with Crippen molar-refractivity contribution in [3.8, 4) is 0 Å². The molecule has 0 aliphatic rings. The van der Waals surface area contributed by atoms with Crippen LogP contribution in [0.3, 0.4) is 0 Å². The van der Waals surface area contributed by atoms with Crippen LogP contribution in [-0.2, 0) is 0 Å². The highest BCUT2D eigenvalue weighted by Crippen LogP contribution is 2.29. The molecule has 1 aromatic rings. The summed E-state index contributed by atoms with van der Waals surface area (Å²) in [6, 6.07) is 0. The van der Waals surface area contributed by atoms with E-state index in [1.54, 1.807) is 11.3 Å². The molecule has 68 valence electrons. The molecule has 1 aromatic heterocycles. The summed E-state index contributed by atoms with van der Waals surface area (Å²) < 4.78 is 0. The molecular weight excluding hydrogens is 168 g/mol. The maximum absolute atomic E-state index is 6.00. The van der Waals surface area contributed by atoms with Crippen LogP contribution in [0, 0.1) is 6.92 Å². The third-order valence-corrected chi connectivity index (χ3v) is 3.28. The Kier molecular flexibility index (Phi) is 2.54. The molecule has 3 heteroatoms. The molecule has 2 nitrogen and oxygen atoms in total. The molecular formula is C9H16N2S. The summed E-state index contributed by atoms with van der Waals surface area (Å²) in [5.41, 5.74) is 5.85. The van der Waals surface area contributed by atoms with Crippen molar-refractivity contribution in [2.75, 3.05) is 0 Å². The first-order valence-corrected chi connectivity index (χ1v) is 4.94. The molecule has 0 aliphatic carbocycles. The van der Waals surface area contributed by atoms with Gasteiger partial charge in [-0.15, -0.1) is 11.3 Å². The maximum Gasteiger partial charge on any atom is 0.0896 e. The fourth-order valence-corrected chi connectivity index (χ4v) is 1.98. The van der Waals surface area contributed by atoms with Crippen LogP contribution >= 0.6 is 11.3 Å². The van der Waals surface area contributed by atoms with Crippen molar-refractivity contribution in [3.05, 3.63) is 16.1 Å². The lowest BCUT2D eigenvalue weighted by Gasteiger charge is -2.25. The molecule has 1 unspecified atom stereocenters. The van der Waals surface area contributed by atoms with Crippen molar-refractivity contribution in [3.63, 3.8) is 0 Å². The van der Waals surface area contributed by atoms with Gasteiger partial charge in [0.15, 0.2) is 0 Å². The molecule has 0 fully saturated rings. The second-order valence-electron chi connectivity index (χ2n) is 3.82. The number of aromatic nitrogens is 1. The zero-order valence-corrected chi connectivity index (χ0v) is 8.90. The van der Waals surface area contributed by atoms with E-state index in [-0.39, 0.29) is 5.54 Å². The number of hydrogen-bond donors (Lipinski definition) is 1. The second kappa shape index (κ2) is 3.15. The largest absolute Gasteiger partial charge is 0.325 e. The van der Waals surface area contributed by atoms with Crippen molar-refractivity contribution in [1.82, 2.24) is 4.98 Å². The molecule has 2 N–H and O–H groups in total. The lowest BCUT2D eigenvalue weighted by molar-refractivity contribution is 0.440. The number of hydrogen-bond acceptors (Lipinski definition) is 3. The lowest BCUT2D eigenvalue weighted by atomic mass is 9.89. The number of aryl methyl sites for hydroxylation is 1. The van der Waals surface area contributed by atoms with Gasteiger partial charge in [-0.3, -0.25) is 0 Å². The highest BCUT2D eigenvalue weighted by atomic mass is 32.1. The van der Waals surface area contributed by atoms with Crippen LogP contribution in [0.5, 0.6) is 0 Å². The normalized spacial score (nSPS) is 14.8. The first kappa shape index (κ1) is 9.68. The Morgan fingerprint density at radius 1 is 1.58 bits per heavy atom. The highest BCUT2D eigenvalue weighted by Gasteiger charge is 2.23. The van der Waals surface area contributed by atoms with E-state index in [0.29, 0.717) is 5.92 Å². The van der Waals surface area contributed by atoms with E-state index in [2.05, 4.69) is 11.9 Å². The van der Waals surface area contributed by atoms with E-state index < -0.39 is 0 Å². The SMILES string of the molecule is Cc1ncc(C(C)C(C)(C)N)s1. The number of nitrogens with two attached hydrogens (primary N) is 1. The van der Waals surface area contributed by atoms with Gasteiger partial charge in [-0.25, -0.2) is 4.98 Å². The topological polar surface area (TPSA) is 38.9 Å². The standard InChI is InChI=1S/C9H16N2S/c1-6(9(3,4)10)8-5-11-7(2)12-8/h5-6H,10H2,1-4H3. The van der Waals surface area contributed by atoms with E-state index >= 15 is 0 Å². The van der Waals surface area contributed by atoms with Gasteiger partial charge >= 0.3 is 0 Å². The molecule has 0 spiro atoms. The predicted molar refractivity (Wildman–Crippen MR) is 53.5 cm³/mol. The van der Waals surface area contributed by atoms with Gasteiger partial charge in [0.2, 0.25) is 0 Å². The van der Waals surface area contributed by atoms with Crippen LogP contribution in [0.25, 0.3) is 0 Å². The van der Waals surface area contributed by atoms with Gasteiger partial charge in [0, 0.05) is 22.5 Å². The Bertz CT molecular complexity index is 260. The van der Waals surface area contributed by atoms with Crippen molar-refractivity contribution in [2.24, 2.45) is 5.73 Å². The summed E-state index contributed by atoms with van der Waals surface area (Å²) >= 11 is 1.73. The van der Waals surface area contributed by atoms with Crippen molar-refractivity contribution in [1.29, 1.82) is 0 Å². The van der Waals surface area contributed by atoms with Crippen molar-refractivity contribution < 1.29 is 0 Å². The Hall–Kier alpha value is -0.410. The zero-order chi connectivity index (χ0) is 9.35. The molecule has 1 heterocycles. The van der Waals surface area contributed by atoms with Crippen LogP contribution in [0.1, 0.15) is 36.6 Å². The minimum Gasteiger partial charge on any atom is -0.325 e. The fourth-order valence-electron chi connectivity index (χ4n) is 0.945. The zero-order valence-electron chi connectivity index (χ0n) is 8.09. The summed E-state index contributed by atoms with van der Waals surface area (Å²) in [4.78, 5) is 5.49. The molecule has 1 atom stereocenters. The first-order valence-electron chi connectivity index (χ1n) is 4.12. The van der Waals surface area contributed by atoms with Gasteiger partial charge < -0.3 is 5.73 Å². The van der Waals surface area contributed by atoms with Crippen LogP contribution in [0.2, 0.25) is 0 Å². The molecule has 0 radical (unpaired) electrons. The second-order valence-corrected chi connectivity index (χ2v) is 5.09. The third-order valence-electron chi connectivity index (χ3n) is 2.18. The van der Waals surface area contributed by atoms with E-state index in [0.717, 1.165) is 5.01 Å². The van der Waals surface area contributed by atoms with Crippen LogP contribution in [0.15, 0.2) is 6.20 Å². The molecule has 1 rings (SSSR count). The molecule has 0 saturated heterocycles. The van der Waals surface area contributed by atoms with E-state index in [1.807, 2.05) is 27.0 Å². The molecule has 0 bridgehead atoms. The van der Waals surface area contributed by atoms with Gasteiger partial charge in [0.1, 0.15) is 0 Å². The van der Waals surface area contributed by atoms with Gasteiger partial charge in [-0.1, -0.05) is 6.92 Å². The van der Waals surface area contributed by atoms with E-state index in [4.69, 9.17) is 5.73 Å². The lowest BCUT2D eigenvalue weighted by Crippen LogP contribution is -2.37. The quantitative estimate of drug-likeness (QED) is 0.766. The van der Waals surface area contributed by atoms with Crippen LogP contribution in [0.4, 0.5) is 0 Å². The first-order chi connectivity index (χ1) is 5.41. The van der Waals surface area contributed by atoms with Crippen LogP contribution in [-0.4, -0.2) is 10.5 Å². The average molecular weight is 184 g/mol. The Morgan fingerprint density at radius 2 is 2.17 bits per heavy atom. The monoisotopic (exact) mass is 184 g/mol. The van der Waals surface area contributed by atoms with E-state index in [9.17, 15) is 0 Å². The number of rotatable bonds is 2. The highest BCUT2D eigenvalue weighted by molar-refractivity contribution is 7.11. The summed E-state index contributed by atoms with van der Waals surface area (Å²) in [6.07, 6.45) is 1.93. The minimum atomic E-state index is -0.154. The van der Waals surface area contributed by atoms with Gasteiger partial charge in [0.25, 0.3) is 0 Å². The summed E-state index contributed by atoms with van der Waals surface area (Å²) in [7, 11) is 0. The average Bonchev–Trinajstić information content (AvgIpc) is 2.32. The number of thiazole rings is 1. The van der Waals surface area contributed by atoms with E-state index in [1.165, 1.54) is 4.88 Å². The molecule has 12 heavy (non-hydrogen) atoms. The Morgan fingerprint density at radius 3 is 2.50 bits per heavy atom. The van der Waals surface area contributed by atoms with Crippen molar-refractivity contribution in [2.45, 2.75) is 39.2 Å². The fraction of sp³-hybridized carbons (Fsp3) is 0.667. The molecule has 0 amide bonds. The van der Waals surface area contributed by atoms with Crippen LogP contribution < -0.4 is 5.73 Å². The smallest absolute Gasteiger partial charge is 0.0896 e. The third kappa shape index (κ3) is 2.05. The Labute approximate surface area is 77.8 Å². The molecule has 0 saturated carbocycles. The van der Waals surface area contributed by atoms with Gasteiger partial charge in [-0.2, -0.15) is 0 Å². The summed E-state index contributed by atoms with van der Waals surface area (Å²) in [5, 5.41) is 1.11. The minimum absolute atomic E-state index is 0.154. The Balaban J connectivity index is 2.85. The van der Waals surface area contributed by atoms with Crippen molar-refractivity contribution >= 4 is 11.3 Å². The molecule has 0 aliphatic heterocycles. The molecule has 0 aromatic carbocycles. The summed E-state index contributed by atoms with van der Waals surface area (Å²) in [6.45, 7) is 8.26. The van der Waals surface area contributed by atoms with Gasteiger partial charge in [0.05, 0.1) is 5.01 Å². The predicted octanol–water partition coefficient (Wildman–Crippen LogP) is 2.29. The summed E-state index contributed by atoms with van der Waals surface area (Å²) in [5.74, 6) is 0.378. The van der Waals surface area contributed by atoms with Gasteiger partial charge in [-0.05, 0) is 20.8 Å². The maximum atomic E-state index is 6.00. The number of nitrogens with zero attached hydrogens (tertiary/aromatic N) is 1.